The largest absolute Gasteiger partial charge is 0.311 e. The molecule has 8 rings (SSSR count). The smallest absolute Gasteiger partial charge is 0.0462 e. The summed E-state index contributed by atoms with van der Waals surface area (Å²) in [5.41, 5.74) is 16.6. The van der Waals surface area contributed by atoms with Gasteiger partial charge in [-0.3, -0.25) is 0 Å². The SMILES string of the molecule is Cc1ccc(N(c2ccc(C)cc2)c2ccc(/C=C/c3ccc4cc(-c5ccc(N(c6ccc(C)cc6)c6ccc(C)cc6)cc5)ccc4c3)cc2)cc1. The van der Waals surface area contributed by atoms with Gasteiger partial charge in [0.25, 0.3) is 0 Å². The zero-order valence-electron chi connectivity index (χ0n) is 31.4. The lowest BCUT2D eigenvalue weighted by Crippen LogP contribution is -2.09. The first-order chi connectivity index (χ1) is 26.4. The van der Waals surface area contributed by atoms with Crippen molar-refractivity contribution >= 4 is 57.0 Å². The van der Waals surface area contributed by atoms with E-state index in [2.05, 4.69) is 232 Å². The first kappa shape index (κ1) is 34.4. The van der Waals surface area contributed by atoms with Crippen molar-refractivity contribution in [1.29, 1.82) is 0 Å². The summed E-state index contributed by atoms with van der Waals surface area (Å²) in [6.45, 7) is 8.51. The molecule has 262 valence electrons. The first-order valence-electron chi connectivity index (χ1n) is 18.7. The van der Waals surface area contributed by atoms with Gasteiger partial charge in [0.2, 0.25) is 0 Å². The minimum Gasteiger partial charge on any atom is -0.311 e. The van der Waals surface area contributed by atoms with Crippen LogP contribution in [0.25, 0.3) is 34.1 Å². The standard InChI is InChI=1S/C52H44N2/c1-37-5-23-47(24-6-37)53(48-25-7-38(2)8-26-48)51-31-16-41(17-32-51)13-14-42-15-18-46-36-45(20-19-44(46)35-42)43-21-33-52(34-22-43)54(49-27-9-39(3)10-28-49)50-29-11-40(4)12-30-50/h5-36H,1-4H3/b14-13+. The summed E-state index contributed by atoms with van der Waals surface area (Å²) in [6, 6.07) is 66.1. The van der Waals surface area contributed by atoms with E-state index in [0.717, 1.165) is 39.7 Å². The highest BCUT2D eigenvalue weighted by Gasteiger charge is 2.14. The Bertz CT molecular complexity index is 2440. The van der Waals surface area contributed by atoms with E-state index in [1.54, 1.807) is 0 Å². The average molecular weight is 697 g/mol. The molecular formula is C52H44N2. The molecule has 0 spiro atoms. The van der Waals surface area contributed by atoms with Crippen molar-refractivity contribution in [2.24, 2.45) is 0 Å². The van der Waals surface area contributed by atoms with Gasteiger partial charge in [0.05, 0.1) is 0 Å². The van der Waals surface area contributed by atoms with Crippen molar-refractivity contribution in [3.8, 4) is 11.1 Å². The van der Waals surface area contributed by atoms with Crippen LogP contribution in [0.4, 0.5) is 34.1 Å². The predicted octanol–water partition coefficient (Wildman–Crippen LogP) is 14.9. The molecule has 2 nitrogen and oxygen atoms in total. The Hall–Kier alpha value is -6.64. The quantitative estimate of drug-likeness (QED) is 0.139. The second kappa shape index (κ2) is 15.1. The van der Waals surface area contributed by atoms with Crippen molar-refractivity contribution in [2.75, 3.05) is 9.80 Å². The molecule has 0 radical (unpaired) electrons. The molecule has 0 heterocycles. The van der Waals surface area contributed by atoms with Crippen molar-refractivity contribution in [2.45, 2.75) is 27.7 Å². The molecule has 0 aliphatic carbocycles. The summed E-state index contributed by atoms with van der Waals surface area (Å²) >= 11 is 0. The van der Waals surface area contributed by atoms with Gasteiger partial charge in [0.1, 0.15) is 0 Å². The second-order valence-electron chi connectivity index (χ2n) is 14.3. The third-order valence-electron chi connectivity index (χ3n) is 10.1. The first-order valence-corrected chi connectivity index (χ1v) is 18.7. The van der Waals surface area contributed by atoms with Gasteiger partial charge in [-0.15, -0.1) is 0 Å². The molecule has 0 unspecified atom stereocenters. The topological polar surface area (TPSA) is 6.48 Å². The van der Waals surface area contributed by atoms with E-state index in [0.29, 0.717) is 0 Å². The lowest BCUT2D eigenvalue weighted by atomic mass is 9.99. The lowest BCUT2D eigenvalue weighted by molar-refractivity contribution is 1.27. The average Bonchev–Trinajstić information content (AvgIpc) is 3.20. The molecular weight excluding hydrogens is 653 g/mol. The van der Waals surface area contributed by atoms with E-state index in [1.807, 2.05) is 0 Å². The van der Waals surface area contributed by atoms with Crippen molar-refractivity contribution in [1.82, 2.24) is 0 Å². The molecule has 0 saturated carbocycles. The van der Waals surface area contributed by atoms with Gasteiger partial charge < -0.3 is 9.80 Å². The summed E-state index contributed by atoms with van der Waals surface area (Å²) < 4.78 is 0. The van der Waals surface area contributed by atoms with E-state index < -0.39 is 0 Å². The molecule has 8 aromatic rings. The monoisotopic (exact) mass is 696 g/mol. The van der Waals surface area contributed by atoms with Crippen LogP contribution in [0.15, 0.2) is 182 Å². The summed E-state index contributed by atoms with van der Waals surface area (Å²) in [4.78, 5) is 4.63. The van der Waals surface area contributed by atoms with Crippen LogP contribution in [0.2, 0.25) is 0 Å². The van der Waals surface area contributed by atoms with Gasteiger partial charge in [-0.25, -0.2) is 0 Å². The molecule has 2 heteroatoms. The summed E-state index contributed by atoms with van der Waals surface area (Å²) in [5.74, 6) is 0. The Balaban J connectivity index is 1.00. The van der Waals surface area contributed by atoms with Crippen LogP contribution in [0.5, 0.6) is 0 Å². The number of fused-ring (bicyclic) bond motifs is 1. The number of benzene rings is 8. The number of aryl methyl sites for hydroxylation is 4. The fourth-order valence-electron chi connectivity index (χ4n) is 6.95. The highest BCUT2D eigenvalue weighted by atomic mass is 15.1. The molecule has 0 aliphatic rings. The van der Waals surface area contributed by atoms with Crippen molar-refractivity contribution in [3.05, 3.63) is 215 Å². The van der Waals surface area contributed by atoms with E-state index in [4.69, 9.17) is 0 Å². The van der Waals surface area contributed by atoms with Gasteiger partial charge in [-0.05, 0) is 146 Å². The molecule has 8 aromatic carbocycles. The van der Waals surface area contributed by atoms with Crippen molar-refractivity contribution < 1.29 is 0 Å². The van der Waals surface area contributed by atoms with Crippen LogP contribution >= 0.6 is 0 Å². The summed E-state index contributed by atoms with van der Waals surface area (Å²) in [5, 5.41) is 2.45. The number of hydrogen-bond acceptors (Lipinski definition) is 2. The van der Waals surface area contributed by atoms with E-state index in [1.165, 1.54) is 49.7 Å². The Labute approximate surface area is 319 Å². The molecule has 0 saturated heterocycles. The van der Waals surface area contributed by atoms with E-state index in [-0.39, 0.29) is 0 Å². The maximum Gasteiger partial charge on any atom is 0.0462 e. The van der Waals surface area contributed by atoms with Crippen LogP contribution in [0.1, 0.15) is 33.4 Å². The van der Waals surface area contributed by atoms with Gasteiger partial charge in [0.15, 0.2) is 0 Å². The van der Waals surface area contributed by atoms with Crippen LogP contribution in [-0.4, -0.2) is 0 Å². The second-order valence-corrected chi connectivity index (χ2v) is 14.3. The zero-order chi connectivity index (χ0) is 37.0. The lowest BCUT2D eigenvalue weighted by Gasteiger charge is -2.26. The molecule has 0 aromatic heterocycles. The molecule has 0 aliphatic heterocycles. The number of rotatable bonds is 9. The van der Waals surface area contributed by atoms with E-state index in [9.17, 15) is 0 Å². The Morgan fingerprint density at radius 2 is 0.574 bits per heavy atom. The fourth-order valence-corrected chi connectivity index (χ4v) is 6.95. The number of nitrogens with zero attached hydrogens (tertiary/aromatic N) is 2. The van der Waals surface area contributed by atoms with E-state index >= 15 is 0 Å². The van der Waals surface area contributed by atoms with Crippen LogP contribution in [-0.2, 0) is 0 Å². The van der Waals surface area contributed by atoms with Crippen LogP contribution < -0.4 is 9.80 Å². The third kappa shape index (κ3) is 7.60. The normalized spacial score (nSPS) is 11.3. The molecule has 0 amide bonds. The van der Waals surface area contributed by atoms with Crippen LogP contribution in [0, 0.1) is 27.7 Å². The molecule has 0 atom stereocenters. The predicted molar refractivity (Wildman–Crippen MR) is 233 cm³/mol. The fraction of sp³-hybridized carbons (Fsp3) is 0.0769. The molecule has 0 bridgehead atoms. The number of hydrogen-bond donors (Lipinski definition) is 0. The van der Waals surface area contributed by atoms with Gasteiger partial charge in [-0.2, -0.15) is 0 Å². The van der Waals surface area contributed by atoms with Gasteiger partial charge >= 0.3 is 0 Å². The number of anilines is 6. The summed E-state index contributed by atoms with van der Waals surface area (Å²) in [7, 11) is 0. The summed E-state index contributed by atoms with van der Waals surface area (Å²) in [6.07, 6.45) is 4.39. The van der Waals surface area contributed by atoms with Gasteiger partial charge in [-0.1, -0.05) is 131 Å². The minimum absolute atomic E-state index is 1.13. The highest BCUT2D eigenvalue weighted by molar-refractivity contribution is 5.90. The molecule has 54 heavy (non-hydrogen) atoms. The maximum absolute atomic E-state index is 2.32. The maximum atomic E-state index is 2.32. The third-order valence-corrected chi connectivity index (χ3v) is 10.1. The minimum atomic E-state index is 1.13. The Morgan fingerprint density at radius 3 is 1.00 bits per heavy atom. The highest BCUT2D eigenvalue weighted by Crippen LogP contribution is 2.37. The van der Waals surface area contributed by atoms with Gasteiger partial charge in [0, 0.05) is 34.1 Å². The van der Waals surface area contributed by atoms with Crippen molar-refractivity contribution in [3.63, 3.8) is 0 Å². The zero-order valence-corrected chi connectivity index (χ0v) is 31.4. The Kier molecular flexibility index (Phi) is 9.66. The Morgan fingerprint density at radius 1 is 0.278 bits per heavy atom. The molecule has 0 N–H and O–H groups in total. The molecule has 0 fully saturated rings. The van der Waals surface area contributed by atoms with Crippen LogP contribution in [0.3, 0.4) is 0 Å².